The van der Waals surface area contributed by atoms with E-state index in [1.807, 2.05) is 0 Å². The van der Waals surface area contributed by atoms with Crippen molar-refractivity contribution >= 4 is 15.7 Å². The summed E-state index contributed by atoms with van der Waals surface area (Å²) in [6, 6.07) is 3.35. The molecule has 0 aliphatic heterocycles. The number of benzene rings is 1. The molecule has 0 bridgehead atoms. The molecule has 1 aromatic heterocycles. The highest BCUT2D eigenvalue weighted by atomic mass is 32.2. The van der Waals surface area contributed by atoms with Crippen LogP contribution in [0.1, 0.15) is 5.82 Å². The van der Waals surface area contributed by atoms with Gasteiger partial charge in [0.05, 0.1) is 6.54 Å². The van der Waals surface area contributed by atoms with Crippen molar-refractivity contribution in [2.75, 3.05) is 5.73 Å². The first-order valence-electron chi connectivity index (χ1n) is 5.28. The maximum atomic E-state index is 13.5. The molecule has 0 saturated heterocycles. The molecule has 1 heterocycles. The Morgan fingerprint density at radius 1 is 1.47 bits per heavy atom. The van der Waals surface area contributed by atoms with Crippen LogP contribution in [0.15, 0.2) is 29.4 Å². The van der Waals surface area contributed by atoms with Crippen LogP contribution in [0.2, 0.25) is 0 Å². The van der Waals surface area contributed by atoms with Crippen LogP contribution in [-0.2, 0) is 23.6 Å². The van der Waals surface area contributed by atoms with Gasteiger partial charge >= 0.3 is 0 Å². The number of nitrogens with two attached hydrogens (primary N) is 1. The number of hydrogen-bond donors (Lipinski definition) is 2. The smallest absolute Gasteiger partial charge is 0.243 e. The summed E-state index contributed by atoms with van der Waals surface area (Å²) in [5, 5.41) is 3.91. The maximum absolute atomic E-state index is 13.5. The van der Waals surface area contributed by atoms with Gasteiger partial charge in [-0.15, -0.1) is 0 Å². The second-order valence-electron chi connectivity index (χ2n) is 3.85. The van der Waals surface area contributed by atoms with E-state index in [4.69, 9.17) is 5.73 Å². The van der Waals surface area contributed by atoms with Crippen LogP contribution in [0.4, 0.5) is 10.1 Å². The Balaban J connectivity index is 2.20. The molecule has 2 aromatic rings. The number of nitrogens with zero attached hydrogens (tertiary/aromatic N) is 3. The van der Waals surface area contributed by atoms with Crippen molar-refractivity contribution in [1.82, 2.24) is 19.5 Å². The van der Waals surface area contributed by atoms with Gasteiger partial charge < -0.3 is 5.73 Å². The zero-order valence-electron chi connectivity index (χ0n) is 10.0. The van der Waals surface area contributed by atoms with E-state index < -0.39 is 20.7 Å². The van der Waals surface area contributed by atoms with Crippen LogP contribution in [0.25, 0.3) is 0 Å². The van der Waals surface area contributed by atoms with E-state index in [9.17, 15) is 12.8 Å². The number of halogens is 1. The molecule has 9 heteroatoms. The van der Waals surface area contributed by atoms with E-state index in [-0.39, 0.29) is 18.1 Å². The maximum Gasteiger partial charge on any atom is 0.243 e. The number of sulfonamides is 1. The number of aryl methyl sites for hydroxylation is 1. The summed E-state index contributed by atoms with van der Waals surface area (Å²) in [5.41, 5.74) is 5.61. The topological polar surface area (TPSA) is 103 Å². The Morgan fingerprint density at radius 3 is 2.84 bits per heavy atom. The predicted molar refractivity (Wildman–Crippen MR) is 65.8 cm³/mol. The fourth-order valence-electron chi connectivity index (χ4n) is 1.43. The third kappa shape index (κ3) is 3.06. The summed E-state index contributed by atoms with van der Waals surface area (Å²) in [6.45, 7) is -0.128. The Bertz CT molecular complexity index is 698. The third-order valence-corrected chi connectivity index (χ3v) is 3.73. The summed E-state index contributed by atoms with van der Waals surface area (Å²) in [5.74, 6) is -0.578. The second kappa shape index (κ2) is 4.94. The highest BCUT2D eigenvalue weighted by molar-refractivity contribution is 7.89. The molecule has 19 heavy (non-hydrogen) atoms. The Labute approximate surface area is 109 Å². The third-order valence-electron chi connectivity index (χ3n) is 2.31. The minimum absolute atomic E-state index is 0.128. The largest absolute Gasteiger partial charge is 0.399 e. The van der Waals surface area contributed by atoms with E-state index >= 15 is 0 Å². The Morgan fingerprint density at radius 2 is 2.21 bits per heavy atom. The molecule has 0 atom stereocenters. The van der Waals surface area contributed by atoms with Gasteiger partial charge in [0.15, 0.2) is 5.82 Å². The van der Waals surface area contributed by atoms with Gasteiger partial charge in [0.25, 0.3) is 0 Å². The number of nitrogen functional groups attached to an aromatic ring is 1. The van der Waals surface area contributed by atoms with Crippen LogP contribution in [0.3, 0.4) is 0 Å². The monoisotopic (exact) mass is 285 g/mol. The van der Waals surface area contributed by atoms with Crippen molar-refractivity contribution in [3.05, 3.63) is 36.2 Å². The standard InChI is InChI=1S/C10H12FN5O2S/c1-16-6-13-10(15-16)5-14-19(17,18)9-4-7(12)2-3-8(9)11/h2-4,6,14H,5,12H2,1H3. The first-order valence-corrected chi connectivity index (χ1v) is 6.76. The van der Waals surface area contributed by atoms with E-state index in [1.165, 1.54) is 17.1 Å². The fraction of sp³-hybridized carbons (Fsp3) is 0.200. The first-order chi connectivity index (χ1) is 8.88. The summed E-state index contributed by atoms with van der Waals surface area (Å²) >= 11 is 0. The van der Waals surface area contributed by atoms with E-state index in [2.05, 4.69) is 14.8 Å². The lowest BCUT2D eigenvalue weighted by Crippen LogP contribution is -2.25. The summed E-state index contributed by atoms with van der Waals surface area (Å²) < 4.78 is 41.0. The van der Waals surface area contributed by atoms with Crippen LogP contribution in [0.5, 0.6) is 0 Å². The van der Waals surface area contributed by atoms with Gasteiger partial charge in [-0.1, -0.05) is 0 Å². The molecule has 0 saturated carbocycles. The van der Waals surface area contributed by atoms with Crippen molar-refractivity contribution in [2.45, 2.75) is 11.4 Å². The molecular formula is C10H12FN5O2S. The zero-order chi connectivity index (χ0) is 14.0. The Hall–Kier alpha value is -2.00. The van der Waals surface area contributed by atoms with Gasteiger partial charge in [0, 0.05) is 12.7 Å². The molecule has 0 amide bonds. The number of hydrogen-bond acceptors (Lipinski definition) is 5. The molecule has 0 aliphatic rings. The molecule has 2 rings (SSSR count). The van der Waals surface area contributed by atoms with Crippen molar-refractivity contribution in [1.29, 1.82) is 0 Å². The van der Waals surface area contributed by atoms with Crippen molar-refractivity contribution < 1.29 is 12.8 Å². The SMILES string of the molecule is Cn1cnc(CNS(=O)(=O)c2cc(N)ccc2F)n1. The minimum Gasteiger partial charge on any atom is -0.399 e. The van der Waals surface area contributed by atoms with Crippen LogP contribution >= 0.6 is 0 Å². The second-order valence-corrected chi connectivity index (χ2v) is 5.58. The lowest BCUT2D eigenvalue weighted by atomic mass is 10.3. The minimum atomic E-state index is -4.00. The molecular weight excluding hydrogens is 273 g/mol. The van der Waals surface area contributed by atoms with Crippen molar-refractivity contribution in [3.63, 3.8) is 0 Å². The summed E-state index contributed by atoms with van der Waals surface area (Å²) in [6.07, 6.45) is 1.44. The molecule has 0 fully saturated rings. The molecule has 0 radical (unpaired) electrons. The lowest BCUT2D eigenvalue weighted by Gasteiger charge is -2.06. The highest BCUT2D eigenvalue weighted by Gasteiger charge is 2.19. The summed E-state index contributed by atoms with van der Waals surface area (Å²) in [7, 11) is -2.34. The molecule has 0 spiro atoms. The molecule has 1 aromatic carbocycles. The van der Waals surface area contributed by atoms with E-state index in [1.54, 1.807) is 7.05 Å². The molecule has 3 N–H and O–H groups in total. The van der Waals surface area contributed by atoms with Crippen molar-refractivity contribution in [3.8, 4) is 0 Å². The van der Waals surface area contributed by atoms with E-state index in [0.717, 1.165) is 12.1 Å². The number of rotatable bonds is 4. The molecule has 7 nitrogen and oxygen atoms in total. The van der Waals surface area contributed by atoms with Gasteiger partial charge in [-0.05, 0) is 18.2 Å². The number of aromatic nitrogens is 3. The number of anilines is 1. The summed E-state index contributed by atoms with van der Waals surface area (Å²) in [4.78, 5) is 3.36. The van der Waals surface area contributed by atoms with Gasteiger partial charge in [0.1, 0.15) is 17.0 Å². The zero-order valence-corrected chi connectivity index (χ0v) is 10.9. The molecule has 0 unspecified atom stereocenters. The molecule has 102 valence electrons. The van der Waals surface area contributed by atoms with Gasteiger partial charge in [0.2, 0.25) is 10.0 Å². The van der Waals surface area contributed by atoms with Crippen LogP contribution < -0.4 is 10.5 Å². The van der Waals surface area contributed by atoms with E-state index in [0.29, 0.717) is 0 Å². The normalized spacial score (nSPS) is 11.7. The van der Waals surface area contributed by atoms with Gasteiger partial charge in [-0.2, -0.15) is 5.10 Å². The highest BCUT2D eigenvalue weighted by Crippen LogP contribution is 2.17. The lowest BCUT2D eigenvalue weighted by molar-refractivity contribution is 0.555. The average molecular weight is 285 g/mol. The van der Waals surface area contributed by atoms with Gasteiger partial charge in [-0.3, -0.25) is 4.68 Å². The van der Waals surface area contributed by atoms with Crippen molar-refractivity contribution in [2.24, 2.45) is 7.05 Å². The predicted octanol–water partition coefficient (Wildman–Crippen LogP) is 0.0149. The molecule has 0 aliphatic carbocycles. The number of nitrogens with one attached hydrogen (secondary N) is 1. The van der Waals surface area contributed by atoms with Crippen LogP contribution in [0, 0.1) is 5.82 Å². The van der Waals surface area contributed by atoms with Crippen LogP contribution in [-0.4, -0.2) is 23.2 Å². The quantitative estimate of drug-likeness (QED) is 0.771. The Kier molecular flexibility index (Phi) is 3.49. The first kappa shape index (κ1) is 13.4. The fourth-order valence-corrected chi connectivity index (χ4v) is 2.52. The van der Waals surface area contributed by atoms with Gasteiger partial charge in [-0.25, -0.2) is 22.5 Å². The average Bonchev–Trinajstić information content (AvgIpc) is 2.76.